The molecule has 2 nitrogen and oxygen atoms in total. The molecule has 0 radical (unpaired) electrons. The van der Waals surface area contributed by atoms with Gasteiger partial charge in [-0.25, -0.2) is 0 Å². The Morgan fingerprint density at radius 2 is 2.21 bits per heavy atom. The van der Waals surface area contributed by atoms with Crippen LogP contribution in [0.5, 0.6) is 0 Å². The molecule has 0 atom stereocenters. The van der Waals surface area contributed by atoms with E-state index in [1.165, 1.54) is 11.3 Å². The maximum atomic E-state index is 11.9. The first-order chi connectivity index (χ1) is 6.77. The van der Waals surface area contributed by atoms with E-state index in [1.54, 1.807) is 6.07 Å². The number of halogens is 1. The third kappa shape index (κ3) is 2.16. The number of hydrogen-bond acceptors (Lipinski definition) is 3. The summed E-state index contributed by atoms with van der Waals surface area (Å²) in [5.41, 5.74) is 0. The molecule has 0 unspecified atom stereocenters. The number of thiophene rings is 1. The molecule has 1 aliphatic rings. The van der Waals surface area contributed by atoms with Gasteiger partial charge in [-0.3, -0.25) is 4.79 Å². The van der Waals surface area contributed by atoms with Crippen molar-refractivity contribution < 1.29 is 4.79 Å². The van der Waals surface area contributed by atoms with E-state index in [0.29, 0.717) is 5.02 Å². The molecule has 1 aromatic rings. The van der Waals surface area contributed by atoms with E-state index in [2.05, 4.69) is 5.32 Å². The minimum atomic E-state index is 0.200. The number of Topliss-reactive ketones (excluding diaryl/α,β-unsaturated/α-hetero) is 1. The molecule has 1 N–H and O–H groups in total. The Balaban J connectivity index is 2.07. The van der Waals surface area contributed by atoms with Crippen LogP contribution in [0, 0.1) is 5.92 Å². The number of rotatable bonds is 2. The summed E-state index contributed by atoms with van der Waals surface area (Å²) in [6.45, 7) is 1.91. The van der Waals surface area contributed by atoms with E-state index >= 15 is 0 Å². The van der Waals surface area contributed by atoms with Crippen molar-refractivity contribution in [1.29, 1.82) is 0 Å². The molecule has 1 fully saturated rings. The SMILES string of the molecule is O=C(c1cc(Cl)cs1)C1CCNCC1. The number of ketones is 1. The second kappa shape index (κ2) is 4.43. The van der Waals surface area contributed by atoms with Crippen LogP contribution in [-0.2, 0) is 0 Å². The maximum absolute atomic E-state index is 11.9. The van der Waals surface area contributed by atoms with Gasteiger partial charge in [-0.2, -0.15) is 0 Å². The summed E-state index contributed by atoms with van der Waals surface area (Å²) in [7, 11) is 0. The summed E-state index contributed by atoms with van der Waals surface area (Å²) < 4.78 is 0. The molecule has 0 amide bonds. The van der Waals surface area contributed by atoms with Crippen molar-refractivity contribution in [2.75, 3.05) is 13.1 Å². The summed E-state index contributed by atoms with van der Waals surface area (Å²) in [6.07, 6.45) is 1.91. The van der Waals surface area contributed by atoms with E-state index in [1.807, 2.05) is 5.38 Å². The minimum Gasteiger partial charge on any atom is -0.317 e. The molecule has 2 heterocycles. The van der Waals surface area contributed by atoms with Crippen LogP contribution in [0.2, 0.25) is 5.02 Å². The Labute approximate surface area is 92.3 Å². The zero-order valence-electron chi connectivity index (χ0n) is 7.75. The monoisotopic (exact) mass is 229 g/mol. The second-order valence-electron chi connectivity index (χ2n) is 3.52. The highest BCUT2D eigenvalue weighted by Crippen LogP contribution is 2.25. The molecule has 4 heteroatoms. The van der Waals surface area contributed by atoms with Crippen molar-refractivity contribution in [2.24, 2.45) is 5.92 Å². The smallest absolute Gasteiger partial charge is 0.175 e. The lowest BCUT2D eigenvalue weighted by Crippen LogP contribution is -2.31. The summed E-state index contributed by atoms with van der Waals surface area (Å²) in [5, 5.41) is 5.74. The van der Waals surface area contributed by atoms with Crippen molar-refractivity contribution in [3.63, 3.8) is 0 Å². The Morgan fingerprint density at radius 1 is 1.50 bits per heavy atom. The van der Waals surface area contributed by atoms with Gasteiger partial charge in [0.2, 0.25) is 0 Å². The first kappa shape index (κ1) is 10.1. The fraction of sp³-hybridized carbons (Fsp3) is 0.500. The first-order valence-corrected chi connectivity index (χ1v) is 6.02. The van der Waals surface area contributed by atoms with Crippen LogP contribution in [0.4, 0.5) is 0 Å². The van der Waals surface area contributed by atoms with E-state index < -0.39 is 0 Å². The van der Waals surface area contributed by atoms with Crippen LogP contribution in [0.3, 0.4) is 0 Å². The minimum absolute atomic E-state index is 0.200. The van der Waals surface area contributed by atoms with Gasteiger partial charge in [0.15, 0.2) is 5.78 Å². The van der Waals surface area contributed by atoms with Gasteiger partial charge < -0.3 is 5.32 Å². The van der Waals surface area contributed by atoms with E-state index in [9.17, 15) is 4.79 Å². The van der Waals surface area contributed by atoms with Gasteiger partial charge in [-0.15, -0.1) is 11.3 Å². The highest BCUT2D eigenvalue weighted by Gasteiger charge is 2.23. The molecule has 0 aromatic carbocycles. The Kier molecular flexibility index (Phi) is 3.21. The molecule has 0 bridgehead atoms. The summed E-state index contributed by atoms with van der Waals surface area (Å²) in [4.78, 5) is 12.7. The van der Waals surface area contributed by atoms with Crippen LogP contribution in [0.25, 0.3) is 0 Å². The largest absolute Gasteiger partial charge is 0.317 e. The van der Waals surface area contributed by atoms with Gasteiger partial charge in [-0.1, -0.05) is 11.6 Å². The van der Waals surface area contributed by atoms with Gasteiger partial charge >= 0.3 is 0 Å². The number of piperidine rings is 1. The molecule has 0 spiro atoms. The molecular formula is C10H12ClNOS. The van der Waals surface area contributed by atoms with Crippen molar-refractivity contribution in [3.05, 3.63) is 21.3 Å². The highest BCUT2D eigenvalue weighted by molar-refractivity contribution is 7.12. The lowest BCUT2D eigenvalue weighted by molar-refractivity contribution is 0.0899. The molecule has 0 saturated carbocycles. The molecular weight excluding hydrogens is 218 g/mol. The number of carbonyl (C=O) groups excluding carboxylic acids is 1. The topological polar surface area (TPSA) is 29.1 Å². The lowest BCUT2D eigenvalue weighted by atomic mass is 9.93. The van der Waals surface area contributed by atoms with Crippen molar-refractivity contribution >= 4 is 28.7 Å². The molecule has 2 rings (SSSR count). The zero-order valence-corrected chi connectivity index (χ0v) is 9.33. The Hall–Kier alpha value is -0.380. The Morgan fingerprint density at radius 3 is 2.79 bits per heavy atom. The third-order valence-electron chi connectivity index (χ3n) is 2.52. The number of hydrogen-bond donors (Lipinski definition) is 1. The molecule has 1 aromatic heterocycles. The molecule has 76 valence electrons. The summed E-state index contributed by atoms with van der Waals surface area (Å²) in [6, 6.07) is 1.77. The Bertz CT molecular complexity index is 331. The average molecular weight is 230 g/mol. The molecule has 1 aliphatic heterocycles. The van der Waals surface area contributed by atoms with Gasteiger partial charge in [0.05, 0.1) is 9.90 Å². The zero-order chi connectivity index (χ0) is 9.97. The van der Waals surface area contributed by atoms with Crippen molar-refractivity contribution in [3.8, 4) is 0 Å². The summed E-state index contributed by atoms with van der Waals surface area (Å²) in [5.74, 6) is 0.467. The normalized spacial score (nSPS) is 18.4. The fourth-order valence-electron chi connectivity index (χ4n) is 1.73. The highest BCUT2D eigenvalue weighted by atomic mass is 35.5. The quantitative estimate of drug-likeness (QED) is 0.790. The second-order valence-corrected chi connectivity index (χ2v) is 4.87. The van der Waals surface area contributed by atoms with Gasteiger partial charge in [0.25, 0.3) is 0 Å². The van der Waals surface area contributed by atoms with E-state index in [-0.39, 0.29) is 11.7 Å². The predicted octanol–water partition coefficient (Wildman–Crippen LogP) is 2.58. The van der Waals surface area contributed by atoms with Crippen LogP contribution >= 0.6 is 22.9 Å². The summed E-state index contributed by atoms with van der Waals surface area (Å²) >= 11 is 7.24. The number of carbonyl (C=O) groups is 1. The van der Waals surface area contributed by atoms with E-state index in [4.69, 9.17) is 11.6 Å². The molecule has 0 aliphatic carbocycles. The van der Waals surface area contributed by atoms with Gasteiger partial charge in [-0.05, 0) is 32.0 Å². The average Bonchev–Trinajstić information content (AvgIpc) is 2.65. The van der Waals surface area contributed by atoms with Crippen LogP contribution < -0.4 is 5.32 Å². The number of nitrogens with one attached hydrogen (secondary N) is 1. The third-order valence-corrected chi connectivity index (χ3v) is 3.81. The maximum Gasteiger partial charge on any atom is 0.175 e. The predicted molar refractivity (Wildman–Crippen MR) is 59.3 cm³/mol. The first-order valence-electron chi connectivity index (χ1n) is 4.76. The van der Waals surface area contributed by atoms with E-state index in [0.717, 1.165) is 30.8 Å². The standard InChI is InChI=1S/C10H12ClNOS/c11-8-5-9(14-6-8)10(13)7-1-3-12-4-2-7/h5-7,12H,1-4H2. The van der Waals surface area contributed by atoms with Gasteiger partial charge in [0, 0.05) is 11.3 Å². The van der Waals surface area contributed by atoms with Crippen molar-refractivity contribution in [1.82, 2.24) is 5.32 Å². The fourth-order valence-corrected chi connectivity index (χ4v) is 2.82. The van der Waals surface area contributed by atoms with Crippen LogP contribution in [0.1, 0.15) is 22.5 Å². The lowest BCUT2D eigenvalue weighted by Gasteiger charge is -2.20. The molecule has 14 heavy (non-hydrogen) atoms. The van der Waals surface area contributed by atoms with Crippen LogP contribution in [0.15, 0.2) is 11.4 Å². The molecule has 1 saturated heterocycles. The van der Waals surface area contributed by atoms with Crippen molar-refractivity contribution in [2.45, 2.75) is 12.8 Å². The van der Waals surface area contributed by atoms with Gasteiger partial charge in [0.1, 0.15) is 0 Å². The van der Waals surface area contributed by atoms with Crippen LogP contribution in [-0.4, -0.2) is 18.9 Å².